The Kier molecular flexibility index (Phi) is 3.93. The molecule has 0 saturated heterocycles. The van der Waals surface area contributed by atoms with Gasteiger partial charge in [-0.3, -0.25) is 9.59 Å². The third-order valence-electron chi connectivity index (χ3n) is 1.60. The Labute approximate surface area is 84.8 Å². The normalized spacial score (nSPS) is 9.07. The van der Waals surface area contributed by atoms with Gasteiger partial charge in [0.1, 0.15) is 0 Å². The molecule has 1 aromatic heterocycles. The molecule has 7 heteroatoms. The minimum atomic E-state index is -0.366. The number of H-pyrrole nitrogens is 1. The number of pyridine rings is 1. The van der Waals surface area contributed by atoms with Crippen LogP contribution in [-0.4, -0.2) is 24.0 Å². The first kappa shape index (κ1) is 10.8. The first-order chi connectivity index (χ1) is 7.24. The number of rotatable bonds is 4. The van der Waals surface area contributed by atoms with Gasteiger partial charge in [0.2, 0.25) is 5.56 Å². The summed E-state index contributed by atoms with van der Waals surface area (Å²) in [4.78, 5) is 27.2. The highest BCUT2D eigenvalue weighted by Crippen LogP contribution is 1.91. The lowest BCUT2D eigenvalue weighted by atomic mass is 10.2. The Morgan fingerprint density at radius 3 is 3.13 bits per heavy atom. The number of nitrogens with zero attached hydrogens (tertiary/aromatic N) is 3. The third-order valence-corrected chi connectivity index (χ3v) is 1.60. The van der Waals surface area contributed by atoms with E-state index in [1.165, 1.54) is 18.3 Å². The Hall–Kier alpha value is -2.27. The number of aromatic nitrogens is 1. The highest BCUT2D eigenvalue weighted by Gasteiger charge is 2.03. The lowest BCUT2D eigenvalue weighted by molar-refractivity contribution is 0.0954. The van der Waals surface area contributed by atoms with Crippen LogP contribution in [0.4, 0.5) is 0 Å². The Morgan fingerprint density at radius 2 is 2.47 bits per heavy atom. The van der Waals surface area contributed by atoms with Gasteiger partial charge in [0, 0.05) is 35.8 Å². The predicted octanol–water partition coefficient (Wildman–Crippen LogP) is 0.415. The minimum Gasteiger partial charge on any atom is -0.352 e. The number of carbonyl (C=O) groups excluding carboxylic acids is 1. The molecule has 2 N–H and O–H groups in total. The van der Waals surface area contributed by atoms with Gasteiger partial charge in [-0.05, 0) is 11.6 Å². The van der Waals surface area contributed by atoms with Crippen LogP contribution in [0, 0.1) is 0 Å². The molecule has 0 atom stereocenters. The Bertz CT molecular complexity index is 446. The lowest BCUT2D eigenvalue weighted by Gasteiger charge is -2.01. The van der Waals surface area contributed by atoms with Crippen LogP contribution in [0.25, 0.3) is 10.4 Å². The number of azide groups is 1. The zero-order chi connectivity index (χ0) is 11.1. The first-order valence-corrected chi connectivity index (χ1v) is 4.22. The summed E-state index contributed by atoms with van der Waals surface area (Å²) >= 11 is 0. The van der Waals surface area contributed by atoms with Crippen molar-refractivity contribution in [2.24, 2.45) is 5.11 Å². The second-order valence-electron chi connectivity index (χ2n) is 2.65. The zero-order valence-corrected chi connectivity index (χ0v) is 7.80. The summed E-state index contributed by atoms with van der Waals surface area (Å²) < 4.78 is 0. The fourth-order valence-corrected chi connectivity index (χ4v) is 0.952. The largest absolute Gasteiger partial charge is 0.352 e. The summed E-state index contributed by atoms with van der Waals surface area (Å²) in [5.41, 5.74) is 7.93. The summed E-state index contributed by atoms with van der Waals surface area (Å²) in [6.45, 7) is 0.432. The molecule has 0 aliphatic rings. The van der Waals surface area contributed by atoms with Crippen molar-refractivity contribution >= 4 is 5.91 Å². The van der Waals surface area contributed by atoms with Crippen LogP contribution in [0.15, 0.2) is 28.2 Å². The summed E-state index contributed by atoms with van der Waals surface area (Å²) in [5.74, 6) is -0.366. The van der Waals surface area contributed by atoms with E-state index in [-0.39, 0.29) is 30.1 Å². The average molecular weight is 207 g/mol. The van der Waals surface area contributed by atoms with Crippen LogP contribution in [0.1, 0.15) is 10.4 Å². The molecule has 0 fully saturated rings. The van der Waals surface area contributed by atoms with E-state index in [2.05, 4.69) is 20.3 Å². The van der Waals surface area contributed by atoms with Crippen molar-refractivity contribution in [3.63, 3.8) is 0 Å². The van der Waals surface area contributed by atoms with Gasteiger partial charge in [0.05, 0.1) is 0 Å². The average Bonchev–Trinajstić information content (AvgIpc) is 2.24. The topological polar surface area (TPSA) is 111 Å². The van der Waals surface area contributed by atoms with Crippen LogP contribution in [0.5, 0.6) is 0 Å². The molecule has 7 nitrogen and oxygen atoms in total. The van der Waals surface area contributed by atoms with Crippen molar-refractivity contribution < 1.29 is 4.79 Å². The van der Waals surface area contributed by atoms with Crippen molar-refractivity contribution in [1.82, 2.24) is 10.3 Å². The Balaban J connectivity index is 2.54. The summed E-state index contributed by atoms with van der Waals surface area (Å²) in [5, 5.41) is 5.76. The second kappa shape index (κ2) is 5.46. The van der Waals surface area contributed by atoms with E-state index in [9.17, 15) is 9.59 Å². The van der Waals surface area contributed by atoms with Gasteiger partial charge in [-0.25, -0.2) is 0 Å². The molecule has 0 saturated carbocycles. The molecular formula is C8H9N5O2. The molecule has 0 bridgehead atoms. The number of carbonyl (C=O) groups is 1. The molecule has 78 valence electrons. The van der Waals surface area contributed by atoms with Gasteiger partial charge in [0.25, 0.3) is 5.91 Å². The highest BCUT2D eigenvalue weighted by atomic mass is 16.2. The highest BCUT2D eigenvalue weighted by molar-refractivity contribution is 5.93. The molecule has 1 heterocycles. The molecule has 0 unspecified atom stereocenters. The van der Waals surface area contributed by atoms with E-state index in [0.717, 1.165) is 0 Å². The smallest absolute Gasteiger partial charge is 0.251 e. The van der Waals surface area contributed by atoms with Crippen molar-refractivity contribution in [2.75, 3.05) is 13.1 Å². The maximum atomic E-state index is 11.4. The molecule has 0 radical (unpaired) electrons. The van der Waals surface area contributed by atoms with Gasteiger partial charge in [0.15, 0.2) is 0 Å². The maximum absolute atomic E-state index is 11.4. The van der Waals surface area contributed by atoms with Crippen LogP contribution in [-0.2, 0) is 0 Å². The molecule has 0 aliphatic heterocycles. The van der Waals surface area contributed by atoms with Gasteiger partial charge in [-0.1, -0.05) is 5.11 Å². The van der Waals surface area contributed by atoms with Crippen LogP contribution in [0.3, 0.4) is 0 Å². The summed E-state index contributed by atoms with van der Waals surface area (Å²) in [7, 11) is 0. The first-order valence-electron chi connectivity index (χ1n) is 4.22. The standard InChI is InChI=1S/C8H9N5O2/c9-13-12-4-3-11-8(15)6-1-2-10-7(14)5-6/h1-2,5H,3-4H2,(H,10,14)(H,11,15). The van der Waals surface area contributed by atoms with E-state index in [4.69, 9.17) is 5.53 Å². The number of aromatic amines is 1. The van der Waals surface area contributed by atoms with Crippen LogP contribution < -0.4 is 10.9 Å². The van der Waals surface area contributed by atoms with Crippen molar-refractivity contribution in [3.8, 4) is 0 Å². The Morgan fingerprint density at radius 1 is 1.67 bits per heavy atom. The van der Waals surface area contributed by atoms with Crippen molar-refractivity contribution in [1.29, 1.82) is 0 Å². The fraction of sp³-hybridized carbons (Fsp3) is 0.250. The molecule has 1 amide bonds. The molecule has 15 heavy (non-hydrogen) atoms. The molecule has 0 aromatic carbocycles. The molecule has 1 aromatic rings. The number of hydrogen-bond donors (Lipinski definition) is 2. The van der Waals surface area contributed by atoms with Gasteiger partial charge < -0.3 is 10.3 Å². The molecule has 0 spiro atoms. The number of amides is 1. The van der Waals surface area contributed by atoms with Gasteiger partial charge in [-0.15, -0.1) is 0 Å². The van der Waals surface area contributed by atoms with Crippen molar-refractivity contribution in [2.45, 2.75) is 0 Å². The third kappa shape index (κ3) is 3.53. The van der Waals surface area contributed by atoms with E-state index >= 15 is 0 Å². The molecular weight excluding hydrogens is 198 g/mol. The zero-order valence-electron chi connectivity index (χ0n) is 7.80. The van der Waals surface area contributed by atoms with Gasteiger partial charge >= 0.3 is 0 Å². The summed E-state index contributed by atoms with van der Waals surface area (Å²) in [6, 6.07) is 2.69. The lowest BCUT2D eigenvalue weighted by Crippen LogP contribution is -2.26. The number of nitrogens with one attached hydrogen (secondary N) is 2. The monoisotopic (exact) mass is 207 g/mol. The minimum absolute atomic E-state index is 0.186. The molecule has 1 rings (SSSR count). The van der Waals surface area contributed by atoms with Crippen molar-refractivity contribution in [3.05, 3.63) is 44.7 Å². The second-order valence-corrected chi connectivity index (χ2v) is 2.65. The van der Waals surface area contributed by atoms with Crippen LogP contribution >= 0.6 is 0 Å². The predicted molar refractivity (Wildman–Crippen MR) is 53.4 cm³/mol. The maximum Gasteiger partial charge on any atom is 0.251 e. The fourth-order valence-electron chi connectivity index (χ4n) is 0.952. The summed E-state index contributed by atoms with van der Waals surface area (Å²) in [6.07, 6.45) is 1.39. The van der Waals surface area contributed by atoms with E-state index in [1.54, 1.807) is 0 Å². The SMILES string of the molecule is [N-]=[N+]=NCCNC(=O)c1cc[nH]c(=O)c1. The molecule has 0 aliphatic carbocycles. The van der Waals surface area contributed by atoms with Crippen LogP contribution in [0.2, 0.25) is 0 Å². The quantitative estimate of drug-likeness (QED) is 0.322. The van der Waals surface area contributed by atoms with Gasteiger partial charge in [-0.2, -0.15) is 0 Å². The number of hydrogen-bond acceptors (Lipinski definition) is 3. The van der Waals surface area contributed by atoms with E-state index in [0.29, 0.717) is 0 Å². The van der Waals surface area contributed by atoms with E-state index < -0.39 is 0 Å². The van der Waals surface area contributed by atoms with E-state index in [1.807, 2.05) is 0 Å².